The van der Waals surface area contributed by atoms with Crippen molar-refractivity contribution in [2.24, 2.45) is 0 Å². The normalized spacial score (nSPS) is 17.3. The van der Waals surface area contributed by atoms with Gasteiger partial charge in [0.05, 0.1) is 5.56 Å². The van der Waals surface area contributed by atoms with Crippen LogP contribution in [0.3, 0.4) is 0 Å². The number of benzene rings is 1. The van der Waals surface area contributed by atoms with Gasteiger partial charge in [-0.15, -0.1) is 0 Å². The predicted molar refractivity (Wildman–Crippen MR) is 95.0 cm³/mol. The maximum atomic E-state index is 12.5. The molecule has 1 saturated carbocycles. The van der Waals surface area contributed by atoms with E-state index in [9.17, 15) is 4.79 Å². The van der Waals surface area contributed by atoms with Gasteiger partial charge in [-0.1, -0.05) is 37.0 Å². The maximum absolute atomic E-state index is 12.5. The second kappa shape index (κ2) is 7.96. The van der Waals surface area contributed by atoms with Crippen molar-refractivity contribution in [1.29, 1.82) is 0 Å². The lowest BCUT2D eigenvalue weighted by Gasteiger charge is -2.32. The van der Waals surface area contributed by atoms with Crippen molar-refractivity contribution in [3.8, 4) is 0 Å². The van der Waals surface area contributed by atoms with Gasteiger partial charge in [-0.25, -0.2) is 4.79 Å². The number of aryl methyl sites for hydroxylation is 3. The Morgan fingerprint density at radius 2 is 1.74 bits per heavy atom. The van der Waals surface area contributed by atoms with Crippen molar-refractivity contribution in [3.05, 3.63) is 34.4 Å². The van der Waals surface area contributed by atoms with Gasteiger partial charge in [0.2, 0.25) is 0 Å². The highest BCUT2D eigenvalue weighted by Gasteiger charge is 2.22. The molecule has 3 heteroatoms. The Bertz CT molecular complexity index is 524. The van der Waals surface area contributed by atoms with Crippen LogP contribution in [0.4, 0.5) is 0 Å². The first-order valence-electron chi connectivity index (χ1n) is 8.87. The molecule has 1 aromatic carbocycles. The zero-order valence-electron chi connectivity index (χ0n) is 15.3. The van der Waals surface area contributed by atoms with Gasteiger partial charge in [-0.3, -0.25) is 4.90 Å². The Labute approximate surface area is 141 Å². The minimum absolute atomic E-state index is 0.0884. The number of nitrogens with zero attached hydrogens (tertiary/aromatic N) is 1. The Balaban J connectivity index is 1.94. The zero-order valence-corrected chi connectivity index (χ0v) is 15.3. The van der Waals surface area contributed by atoms with Crippen LogP contribution in [0.15, 0.2) is 12.1 Å². The third-order valence-electron chi connectivity index (χ3n) is 4.93. The van der Waals surface area contributed by atoms with Gasteiger partial charge in [0.25, 0.3) is 0 Å². The molecule has 0 heterocycles. The third kappa shape index (κ3) is 4.81. The van der Waals surface area contributed by atoms with Crippen LogP contribution < -0.4 is 0 Å². The highest BCUT2D eigenvalue weighted by atomic mass is 16.5. The molecule has 128 valence electrons. The van der Waals surface area contributed by atoms with E-state index < -0.39 is 0 Å². The van der Waals surface area contributed by atoms with Crippen LogP contribution in [0.1, 0.15) is 66.1 Å². The maximum Gasteiger partial charge on any atom is 0.338 e. The molecule has 0 N–H and O–H groups in total. The van der Waals surface area contributed by atoms with E-state index in [1.165, 1.54) is 37.7 Å². The first kappa shape index (κ1) is 18.0. The molecule has 1 aliphatic carbocycles. The van der Waals surface area contributed by atoms with Gasteiger partial charge in [-0.2, -0.15) is 0 Å². The van der Waals surface area contributed by atoms with Crippen LogP contribution in [-0.2, 0) is 4.74 Å². The molecule has 1 aliphatic rings. The first-order valence-corrected chi connectivity index (χ1v) is 8.87. The molecule has 1 aromatic rings. The van der Waals surface area contributed by atoms with Gasteiger partial charge in [-0.05, 0) is 58.7 Å². The lowest BCUT2D eigenvalue weighted by atomic mass is 9.94. The van der Waals surface area contributed by atoms with E-state index in [1.807, 2.05) is 32.9 Å². The molecular formula is C20H31NO2. The molecule has 3 nitrogen and oxygen atoms in total. The topological polar surface area (TPSA) is 29.5 Å². The lowest BCUT2D eigenvalue weighted by Crippen LogP contribution is -2.39. The van der Waals surface area contributed by atoms with Gasteiger partial charge >= 0.3 is 5.97 Å². The summed E-state index contributed by atoms with van der Waals surface area (Å²) >= 11 is 0. The van der Waals surface area contributed by atoms with Gasteiger partial charge in [0.1, 0.15) is 6.10 Å². The summed E-state index contributed by atoms with van der Waals surface area (Å²) in [5.74, 6) is -0.190. The van der Waals surface area contributed by atoms with Crippen molar-refractivity contribution in [1.82, 2.24) is 4.90 Å². The average Bonchev–Trinajstić information content (AvgIpc) is 2.46. The average molecular weight is 317 g/mol. The van der Waals surface area contributed by atoms with Crippen LogP contribution >= 0.6 is 0 Å². The fraction of sp³-hybridized carbons (Fsp3) is 0.650. The summed E-state index contributed by atoms with van der Waals surface area (Å²) < 4.78 is 5.72. The monoisotopic (exact) mass is 317 g/mol. The molecule has 0 saturated heterocycles. The number of likely N-dealkylation sites (N-methyl/N-ethyl adjacent to an activating group) is 1. The summed E-state index contributed by atoms with van der Waals surface area (Å²) in [7, 11) is 2.16. The molecule has 1 fully saturated rings. The smallest absolute Gasteiger partial charge is 0.338 e. The van der Waals surface area contributed by atoms with Crippen LogP contribution in [0.25, 0.3) is 0 Å². The minimum Gasteiger partial charge on any atom is -0.458 e. The largest absolute Gasteiger partial charge is 0.458 e. The SMILES string of the molecule is Cc1cc(C)c(C(=O)OC(C)CN(C)C2CCCCC2)c(C)c1. The molecule has 0 amide bonds. The van der Waals surface area contributed by atoms with Gasteiger partial charge in [0.15, 0.2) is 0 Å². The Kier molecular flexibility index (Phi) is 6.23. The molecule has 0 spiro atoms. The number of carbonyl (C=O) groups excluding carboxylic acids is 1. The molecule has 2 rings (SSSR count). The summed E-state index contributed by atoms with van der Waals surface area (Å²) in [6, 6.07) is 4.73. The molecule has 0 aliphatic heterocycles. The summed E-state index contributed by atoms with van der Waals surface area (Å²) in [6.07, 6.45) is 6.46. The Morgan fingerprint density at radius 1 is 1.17 bits per heavy atom. The molecule has 0 radical (unpaired) electrons. The zero-order chi connectivity index (χ0) is 17.0. The van der Waals surface area contributed by atoms with E-state index in [0.717, 1.165) is 23.2 Å². The summed E-state index contributed by atoms with van der Waals surface area (Å²) in [5, 5.41) is 0. The first-order chi connectivity index (χ1) is 10.9. The van der Waals surface area contributed by atoms with E-state index in [1.54, 1.807) is 0 Å². The highest BCUT2D eigenvalue weighted by Crippen LogP contribution is 2.22. The van der Waals surface area contributed by atoms with E-state index in [2.05, 4.69) is 18.9 Å². The highest BCUT2D eigenvalue weighted by molar-refractivity contribution is 5.92. The van der Waals surface area contributed by atoms with Crippen LogP contribution in [0.5, 0.6) is 0 Å². The molecule has 23 heavy (non-hydrogen) atoms. The molecule has 0 bridgehead atoms. The van der Waals surface area contributed by atoms with Crippen molar-refractivity contribution in [2.45, 2.75) is 71.9 Å². The Hall–Kier alpha value is -1.35. The molecule has 1 atom stereocenters. The van der Waals surface area contributed by atoms with Crippen LogP contribution in [0.2, 0.25) is 0 Å². The fourth-order valence-electron chi connectivity index (χ4n) is 3.86. The van der Waals surface area contributed by atoms with Crippen molar-refractivity contribution < 1.29 is 9.53 Å². The van der Waals surface area contributed by atoms with Crippen molar-refractivity contribution in [2.75, 3.05) is 13.6 Å². The van der Waals surface area contributed by atoms with Crippen molar-refractivity contribution in [3.63, 3.8) is 0 Å². The minimum atomic E-state index is -0.190. The number of carbonyl (C=O) groups is 1. The number of hydrogen-bond donors (Lipinski definition) is 0. The van der Waals surface area contributed by atoms with Gasteiger partial charge in [0, 0.05) is 12.6 Å². The summed E-state index contributed by atoms with van der Waals surface area (Å²) in [4.78, 5) is 14.9. The van der Waals surface area contributed by atoms with E-state index in [4.69, 9.17) is 4.74 Å². The quantitative estimate of drug-likeness (QED) is 0.753. The number of rotatable bonds is 5. The second-order valence-corrected chi connectivity index (χ2v) is 7.22. The fourth-order valence-corrected chi connectivity index (χ4v) is 3.86. The van der Waals surface area contributed by atoms with E-state index in [-0.39, 0.29) is 12.1 Å². The molecule has 1 unspecified atom stereocenters. The van der Waals surface area contributed by atoms with E-state index >= 15 is 0 Å². The number of esters is 1. The predicted octanol–water partition coefficient (Wildman–Crippen LogP) is 4.42. The summed E-state index contributed by atoms with van der Waals surface area (Å²) in [5.41, 5.74) is 3.91. The summed E-state index contributed by atoms with van der Waals surface area (Å²) in [6.45, 7) is 8.82. The molecule has 0 aromatic heterocycles. The standard InChI is InChI=1S/C20H31NO2/c1-14-11-15(2)19(16(3)12-14)20(22)23-17(4)13-21(5)18-9-7-6-8-10-18/h11-12,17-18H,6-10,13H2,1-5H3. The number of ether oxygens (including phenoxy) is 1. The number of hydrogen-bond acceptors (Lipinski definition) is 3. The lowest BCUT2D eigenvalue weighted by molar-refractivity contribution is 0.0220. The van der Waals surface area contributed by atoms with E-state index in [0.29, 0.717) is 6.04 Å². The van der Waals surface area contributed by atoms with Crippen LogP contribution in [-0.4, -0.2) is 36.6 Å². The molecular weight excluding hydrogens is 286 g/mol. The second-order valence-electron chi connectivity index (χ2n) is 7.22. The van der Waals surface area contributed by atoms with Crippen molar-refractivity contribution >= 4 is 5.97 Å². The Morgan fingerprint density at radius 3 is 2.30 bits per heavy atom. The van der Waals surface area contributed by atoms with Crippen LogP contribution in [0, 0.1) is 20.8 Å². The van der Waals surface area contributed by atoms with Gasteiger partial charge < -0.3 is 4.74 Å². The third-order valence-corrected chi connectivity index (χ3v) is 4.93.